The minimum atomic E-state index is -0.249. The van der Waals surface area contributed by atoms with Crippen molar-refractivity contribution in [3.8, 4) is 0 Å². The molecule has 1 aliphatic heterocycles. The monoisotopic (exact) mass is 267 g/mol. The fraction of sp³-hybridized carbons (Fsp3) is 0.857. The number of carbonyl (C=O) groups is 2. The fourth-order valence-electron chi connectivity index (χ4n) is 3.07. The summed E-state index contributed by atoms with van der Waals surface area (Å²) in [6, 6.07) is 0. The van der Waals surface area contributed by atoms with E-state index < -0.39 is 0 Å². The Bertz CT molecular complexity index is 319. The first kappa shape index (κ1) is 14.3. The van der Waals surface area contributed by atoms with Gasteiger partial charge in [-0.25, -0.2) is 0 Å². The van der Waals surface area contributed by atoms with Crippen LogP contribution >= 0.6 is 0 Å². The average Bonchev–Trinajstić information content (AvgIpc) is 2.46. The number of carbonyl (C=O) groups excluding carboxylic acids is 2. The van der Waals surface area contributed by atoms with E-state index >= 15 is 0 Å². The molecule has 0 aromatic rings. The molecule has 2 N–H and O–H groups in total. The number of rotatable bonds is 4. The number of piperazine rings is 1. The molecule has 108 valence electrons. The van der Waals surface area contributed by atoms with Gasteiger partial charge in [-0.3, -0.25) is 14.5 Å². The molecule has 1 heterocycles. The van der Waals surface area contributed by atoms with E-state index in [1.54, 1.807) is 0 Å². The lowest BCUT2D eigenvalue weighted by atomic mass is 9.88. The number of primary amides is 1. The van der Waals surface area contributed by atoms with Gasteiger partial charge in [0.05, 0.1) is 0 Å². The van der Waals surface area contributed by atoms with Crippen molar-refractivity contribution in [3.05, 3.63) is 0 Å². The first-order valence-corrected chi connectivity index (χ1v) is 7.46. The lowest BCUT2D eigenvalue weighted by molar-refractivity contribution is -0.138. The molecule has 0 aromatic heterocycles. The van der Waals surface area contributed by atoms with Crippen LogP contribution in [0.25, 0.3) is 0 Å². The number of hydrogen-bond donors (Lipinski definition) is 1. The molecule has 0 aromatic carbocycles. The summed E-state index contributed by atoms with van der Waals surface area (Å²) in [5.41, 5.74) is 5.15. The molecule has 1 saturated carbocycles. The fourth-order valence-corrected chi connectivity index (χ4v) is 3.07. The largest absolute Gasteiger partial charge is 0.370 e. The first-order chi connectivity index (χ1) is 9.16. The normalized spacial score (nSPS) is 22.4. The summed E-state index contributed by atoms with van der Waals surface area (Å²) in [6.45, 7) is 4.06. The second-order valence-electron chi connectivity index (χ2n) is 5.72. The summed E-state index contributed by atoms with van der Waals surface area (Å²) in [7, 11) is 0. The first-order valence-electron chi connectivity index (χ1n) is 7.46. The molecule has 2 aliphatic rings. The van der Waals surface area contributed by atoms with Crippen LogP contribution in [0.15, 0.2) is 0 Å². The minimum absolute atomic E-state index is 0.249. The lowest BCUT2D eigenvalue weighted by Crippen LogP contribution is -2.50. The standard InChI is InChI=1S/C14H25N3O2/c15-13(18)6-7-16-8-10-17(11-9-16)14(19)12-4-2-1-3-5-12/h12H,1-11H2,(H2,15,18). The SMILES string of the molecule is NC(=O)CCN1CCN(C(=O)C2CCCCC2)CC1. The van der Waals surface area contributed by atoms with Crippen LogP contribution in [-0.4, -0.2) is 54.3 Å². The van der Waals surface area contributed by atoms with Gasteiger partial charge in [0.25, 0.3) is 0 Å². The lowest BCUT2D eigenvalue weighted by Gasteiger charge is -2.37. The van der Waals surface area contributed by atoms with Crippen LogP contribution in [0.4, 0.5) is 0 Å². The Labute approximate surface area is 115 Å². The number of nitrogens with two attached hydrogens (primary N) is 1. The third kappa shape index (κ3) is 4.20. The van der Waals surface area contributed by atoms with Crippen LogP contribution in [0.5, 0.6) is 0 Å². The molecule has 0 spiro atoms. The van der Waals surface area contributed by atoms with Gasteiger partial charge in [0.1, 0.15) is 0 Å². The molecule has 1 saturated heterocycles. The second kappa shape index (κ2) is 6.89. The maximum absolute atomic E-state index is 12.4. The Hall–Kier alpha value is -1.10. The van der Waals surface area contributed by atoms with Crippen molar-refractivity contribution in [2.45, 2.75) is 38.5 Å². The Kier molecular flexibility index (Phi) is 5.19. The number of amides is 2. The van der Waals surface area contributed by atoms with Crippen molar-refractivity contribution in [2.75, 3.05) is 32.7 Å². The van der Waals surface area contributed by atoms with Crippen molar-refractivity contribution < 1.29 is 9.59 Å². The molecule has 0 unspecified atom stereocenters. The molecule has 19 heavy (non-hydrogen) atoms. The van der Waals surface area contributed by atoms with E-state index in [2.05, 4.69) is 4.90 Å². The highest BCUT2D eigenvalue weighted by Crippen LogP contribution is 2.25. The molecule has 5 heteroatoms. The van der Waals surface area contributed by atoms with Crippen LogP contribution in [0.3, 0.4) is 0 Å². The van der Waals surface area contributed by atoms with E-state index in [1.165, 1.54) is 19.3 Å². The van der Waals surface area contributed by atoms with Gasteiger partial charge in [0, 0.05) is 45.1 Å². The van der Waals surface area contributed by atoms with Gasteiger partial charge >= 0.3 is 0 Å². The quantitative estimate of drug-likeness (QED) is 0.810. The van der Waals surface area contributed by atoms with E-state index in [0.29, 0.717) is 12.3 Å². The average molecular weight is 267 g/mol. The van der Waals surface area contributed by atoms with Gasteiger partial charge in [-0.2, -0.15) is 0 Å². The molecular formula is C14H25N3O2. The molecule has 0 atom stereocenters. The highest BCUT2D eigenvalue weighted by Gasteiger charge is 2.28. The van der Waals surface area contributed by atoms with E-state index in [4.69, 9.17) is 5.73 Å². The predicted octanol–water partition coefficient (Wildman–Crippen LogP) is 0.586. The van der Waals surface area contributed by atoms with E-state index in [9.17, 15) is 9.59 Å². The second-order valence-corrected chi connectivity index (χ2v) is 5.72. The van der Waals surface area contributed by atoms with Crippen LogP contribution in [0.1, 0.15) is 38.5 Å². The summed E-state index contributed by atoms with van der Waals surface area (Å²) in [5, 5.41) is 0. The van der Waals surface area contributed by atoms with Crippen molar-refractivity contribution in [3.63, 3.8) is 0 Å². The molecular weight excluding hydrogens is 242 g/mol. The van der Waals surface area contributed by atoms with Gasteiger partial charge in [0.2, 0.25) is 11.8 Å². The summed E-state index contributed by atoms with van der Waals surface area (Å²) >= 11 is 0. The third-order valence-corrected chi connectivity index (χ3v) is 4.31. The summed E-state index contributed by atoms with van der Waals surface area (Å²) in [4.78, 5) is 27.3. The van der Waals surface area contributed by atoms with Crippen molar-refractivity contribution in [1.82, 2.24) is 9.80 Å². The minimum Gasteiger partial charge on any atom is -0.370 e. The molecule has 2 fully saturated rings. The zero-order valence-corrected chi connectivity index (χ0v) is 11.6. The highest BCUT2D eigenvalue weighted by atomic mass is 16.2. The molecule has 0 radical (unpaired) electrons. The van der Waals surface area contributed by atoms with E-state index in [0.717, 1.165) is 45.6 Å². The Balaban J connectivity index is 1.72. The maximum Gasteiger partial charge on any atom is 0.225 e. The van der Waals surface area contributed by atoms with Crippen LogP contribution < -0.4 is 5.73 Å². The van der Waals surface area contributed by atoms with Gasteiger partial charge in [-0.15, -0.1) is 0 Å². The van der Waals surface area contributed by atoms with Crippen molar-refractivity contribution in [1.29, 1.82) is 0 Å². The highest BCUT2D eigenvalue weighted by molar-refractivity contribution is 5.79. The third-order valence-electron chi connectivity index (χ3n) is 4.31. The van der Waals surface area contributed by atoms with E-state index in [-0.39, 0.29) is 11.8 Å². The van der Waals surface area contributed by atoms with Crippen molar-refractivity contribution in [2.24, 2.45) is 11.7 Å². The Morgan fingerprint density at radius 1 is 1.00 bits per heavy atom. The Morgan fingerprint density at radius 3 is 2.21 bits per heavy atom. The molecule has 2 amide bonds. The smallest absolute Gasteiger partial charge is 0.225 e. The number of hydrogen-bond acceptors (Lipinski definition) is 3. The van der Waals surface area contributed by atoms with Crippen LogP contribution in [0.2, 0.25) is 0 Å². The topological polar surface area (TPSA) is 66.6 Å². The Morgan fingerprint density at radius 2 is 1.63 bits per heavy atom. The molecule has 1 aliphatic carbocycles. The zero-order chi connectivity index (χ0) is 13.7. The van der Waals surface area contributed by atoms with Gasteiger partial charge in [-0.1, -0.05) is 19.3 Å². The van der Waals surface area contributed by atoms with Gasteiger partial charge in [0.15, 0.2) is 0 Å². The predicted molar refractivity (Wildman–Crippen MR) is 73.4 cm³/mol. The zero-order valence-electron chi connectivity index (χ0n) is 11.6. The van der Waals surface area contributed by atoms with Gasteiger partial charge < -0.3 is 10.6 Å². The van der Waals surface area contributed by atoms with Crippen molar-refractivity contribution >= 4 is 11.8 Å². The maximum atomic E-state index is 12.4. The summed E-state index contributed by atoms with van der Waals surface area (Å²) < 4.78 is 0. The van der Waals surface area contributed by atoms with Crippen LogP contribution in [0, 0.1) is 5.92 Å². The van der Waals surface area contributed by atoms with Gasteiger partial charge in [-0.05, 0) is 12.8 Å². The summed E-state index contributed by atoms with van der Waals surface area (Å²) in [6.07, 6.45) is 6.24. The molecule has 0 bridgehead atoms. The number of nitrogens with zero attached hydrogens (tertiary/aromatic N) is 2. The molecule has 5 nitrogen and oxygen atoms in total. The van der Waals surface area contributed by atoms with E-state index in [1.807, 2.05) is 4.90 Å². The molecule has 2 rings (SSSR count). The summed E-state index contributed by atoms with van der Waals surface area (Å²) in [5.74, 6) is 0.376. The van der Waals surface area contributed by atoms with Crippen LogP contribution in [-0.2, 0) is 9.59 Å².